The van der Waals surface area contributed by atoms with Crippen molar-refractivity contribution in [2.75, 3.05) is 6.54 Å². The van der Waals surface area contributed by atoms with Crippen LogP contribution in [0.4, 0.5) is 13.2 Å². The van der Waals surface area contributed by atoms with E-state index < -0.39 is 18.6 Å². The summed E-state index contributed by atoms with van der Waals surface area (Å²) < 4.78 is 36.1. The van der Waals surface area contributed by atoms with Crippen LogP contribution in [0.5, 0.6) is 0 Å². The number of hydrogen-bond acceptors (Lipinski definition) is 2. The Morgan fingerprint density at radius 1 is 1.22 bits per heavy atom. The molecule has 1 aromatic carbocycles. The second kappa shape index (κ2) is 4.64. The Morgan fingerprint density at radius 2 is 1.94 bits per heavy atom. The molecule has 3 nitrogen and oxygen atoms in total. The van der Waals surface area contributed by atoms with Gasteiger partial charge in [-0.15, -0.1) is 0 Å². The standard InChI is InChI=1S/C12H9F3N2O/c13-12(14,15)7-17-11(18)9-5-6-16-10-4-2-1-3-8(9)10/h1-6H,7H2,(H,17,18). The molecule has 18 heavy (non-hydrogen) atoms. The van der Waals surface area contributed by atoms with Crippen LogP contribution in [0, 0.1) is 0 Å². The number of nitrogens with one attached hydrogen (secondary N) is 1. The number of pyridine rings is 1. The molecule has 0 aliphatic rings. The van der Waals surface area contributed by atoms with Crippen LogP contribution in [0.2, 0.25) is 0 Å². The summed E-state index contributed by atoms with van der Waals surface area (Å²) >= 11 is 0. The summed E-state index contributed by atoms with van der Waals surface area (Å²) in [6.45, 7) is -1.34. The Bertz CT molecular complexity index is 576. The Hall–Kier alpha value is -2.11. The molecule has 0 fully saturated rings. The number of carbonyl (C=O) groups excluding carboxylic acids is 1. The van der Waals surface area contributed by atoms with Crippen molar-refractivity contribution in [1.29, 1.82) is 0 Å². The van der Waals surface area contributed by atoms with E-state index in [9.17, 15) is 18.0 Å². The molecule has 0 aliphatic heterocycles. The molecule has 1 aromatic heterocycles. The molecule has 2 rings (SSSR count). The molecular weight excluding hydrogens is 245 g/mol. The number of carbonyl (C=O) groups is 1. The van der Waals surface area contributed by atoms with Crippen molar-refractivity contribution >= 4 is 16.8 Å². The predicted molar refractivity (Wildman–Crippen MR) is 60.1 cm³/mol. The number of para-hydroxylation sites is 1. The van der Waals surface area contributed by atoms with Gasteiger partial charge >= 0.3 is 6.18 Å². The number of nitrogens with zero attached hydrogens (tertiary/aromatic N) is 1. The van der Waals surface area contributed by atoms with Gasteiger partial charge in [-0.2, -0.15) is 13.2 Å². The average Bonchev–Trinajstić information content (AvgIpc) is 2.34. The molecule has 2 aromatic rings. The lowest BCUT2D eigenvalue weighted by atomic mass is 10.1. The summed E-state index contributed by atoms with van der Waals surface area (Å²) in [4.78, 5) is 15.7. The summed E-state index contributed by atoms with van der Waals surface area (Å²) in [7, 11) is 0. The molecule has 0 unspecified atom stereocenters. The molecule has 6 heteroatoms. The Morgan fingerprint density at radius 3 is 2.67 bits per heavy atom. The van der Waals surface area contributed by atoms with E-state index in [-0.39, 0.29) is 5.56 Å². The maximum absolute atomic E-state index is 12.0. The monoisotopic (exact) mass is 254 g/mol. The Kier molecular flexibility index (Phi) is 3.18. The number of benzene rings is 1. The van der Waals surface area contributed by atoms with Crippen molar-refractivity contribution in [2.24, 2.45) is 0 Å². The number of hydrogen-bond donors (Lipinski definition) is 1. The fourth-order valence-corrected chi connectivity index (χ4v) is 1.57. The van der Waals surface area contributed by atoms with E-state index >= 15 is 0 Å². The van der Waals surface area contributed by atoms with Crippen LogP contribution in [0.25, 0.3) is 10.9 Å². The van der Waals surface area contributed by atoms with E-state index in [1.165, 1.54) is 12.3 Å². The molecular formula is C12H9F3N2O. The van der Waals surface area contributed by atoms with Gasteiger partial charge in [-0.1, -0.05) is 18.2 Å². The summed E-state index contributed by atoms with van der Waals surface area (Å²) in [5, 5.41) is 2.37. The van der Waals surface area contributed by atoms with Crippen LogP contribution in [0.3, 0.4) is 0 Å². The van der Waals surface area contributed by atoms with Gasteiger partial charge in [0.15, 0.2) is 0 Å². The van der Waals surface area contributed by atoms with Gasteiger partial charge < -0.3 is 5.32 Å². The fraction of sp³-hybridized carbons (Fsp3) is 0.167. The van der Waals surface area contributed by atoms with Crippen LogP contribution in [-0.4, -0.2) is 23.6 Å². The van der Waals surface area contributed by atoms with Crippen LogP contribution in [0.15, 0.2) is 36.5 Å². The number of rotatable bonds is 2. The lowest BCUT2D eigenvalue weighted by Gasteiger charge is -2.09. The minimum Gasteiger partial charge on any atom is -0.343 e. The molecule has 0 radical (unpaired) electrons. The van der Waals surface area contributed by atoms with Crippen LogP contribution in [0.1, 0.15) is 10.4 Å². The average molecular weight is 254 g/mol. The molecule has 0 bridgehead atoms. The topological polar surface area (TPSA) is 42.0 Å². The molecule has 0 saturated carbocycles. The first-order chi connectivity index (χ1) is 8.47. The van der Waals surface area contributed by atoms with Crippen molar-refractivity contribution < 1.29 is 18.0 Å². The lowest BCUT2D eigenvalue weighted by Crippen LogP contribution is -2.33. The van der Waals surface area contributed by atoms with Crippen molar-refractivity contribution in [2.45, 2.75) is 6.18 Å². The number of alkyl halides is 3. The largest absolute Gasteiger partial charge is 0.405 e. The molecule has 0 saturated heterocycles. The van der Waals surface area contributed by atoms with Crippen LogP contribution in [-0.2, 0) is 0 Å². The molecule has 0 atom stereocenters. The number of halogens is 3. The third-order valence-corrected chi connectivity index (χ3v) is 2.34. The third kappa shape index (κ3) is 2.77. The highest BCUT2D eigenvalue weighted by atomic mass is 19.4. The zero-order valence-corrected chi connectivity index (χ0v) is 9.16. The number of fused-ring (bicyclic) bond motifs is 1. The minimum absolute atomic E-state index is 0.185. The number of aromatic nitrogens is 1. The highest BCUT2D eigenvalue weighted by molar-refractivity contribution is 6.05. The van der Waals surface area contributed by atoms with E-state index in [0.29, 0.717) is 10.9 Å². The highest BCUT2D eigenvalue weighted by Crippen LogP contribution is 2.17. The van der Waals surface area contributed by atoms with E-state index in [0.717, 1.165) is 0 Å². The summed E-state index contributed by atoms with van der Waals surface area (Å²) in [6, 6.07) is 8.17. The third-order valence-electron chi connectivity index (χ3n) is 2.34. The van der Waals surface area contributed by atoms with Gasteiger partial charge in [-0.05, 0) is 12.1 Å². The summed E-state index contributed by atoms with van der Waals surface area (Å²) in [5.41, 5.74) is 0.752. The van der Waals surface area contributed by atoms with Gasteiger partial charge in [0.1, 0.15) is 6.54 Å². The molecule has 1 heterocycles. The zero-order chi connectivity index (χ0) is 13.2. The summed E-state index contributed by atoms with van der Waals surface area (Å²) in [5.74, 6) is -0.758. The van der Waals surface area contributed by atoms with Crippen molar-refractivity contribution in [3.05, 3.63) is 42.1 Å². The molecule has 0 aliphatic carbocycles. The SMILES string of the molecule is O=C(NCC(F)(F)F)c1ccnc2ccccc12. The second-order valence-corrected chi connectivity index (χ2v) is 3.67. The molecule has 1 amide bonds. The molecule has 0 spiro atoms. The van der Waals surface area contributed by atoms with Gasteiger partial charge in [0, 0.05) is 11.6 Å². The van der Waals surface area contributed by atoms with E-state index in [1.54, 1.807) is 24.3 Å². The lowest BCUT2D eigenvalue weighted by molar-refractivity contribution is -0.123. The minimum atomic E-state index is -4.42. The second-order valence-electron chi connectivity index (χ2n) is 3.67. The number of amides is 1. The predicted octanol–water partition coefficient (Wildman–Crippen LogP) is 2.53. The fourth-order valence-electron chi connectivity index (χ4n) is 1.57. The Labute approximate surface area is 101 Å². The van der Waals surface area contributed by atoms with Gasteiger partial charge in [0.2, 0.25) is 0 Å². The quantitative estimate of drug-likeness (QED) is 0.894. The highest BCUT2D eigenvalue weighted by Gasteiger charge is 2.28. The molecule has 1 N–H and O–H groups in total. The van der Waals surface area contributed by atoms with Crippen molar-refractivity contribution in [1.82, 2.24) is 10.3 Å². The van der Waals surface area contributed by atoms with Crippen molar-refractivity contribution in [3.63, 3.8) is 0 Å². The first kappa shape index (κ1) is 12.3. The van der Waals surface area contributed by atoms with Gasteiger partial charge in [0.05, 0.1) is 11.1 Å². The maximum Gasteiger partial charge on any atom is 0.405 e. The van der Waals surface area contributed by atoms with E-state index in [4.69, 9.17) is 0 Å². The first-order valence-corrected chi connectivity index (χ1v) is 5.16. The van der Waals surface area contributed by atoms with E-state index in [2.05, 4.69) is 4.98 Å². The van der Waals surface area contributed by atoms with Gasteiger partial charge in [-0.3, -0.25) is 9.78 Å². The van der Waals surface area contributed by atoms with Crippen LogP contribution < -0.4 is 5.32 Å². The smallest absolute Gasteiger partial charge is 0.343 e. The zero-order valence-electron chi connectivity index (χ0n) is 9.16. The van der Waals surface area contributed by atoms with Gasteiger partial charge in [-0.25, -0.2) is 0 Å². The first-order valence-electron chi connectivity index (χ1n) is 5.16. The van der Waals surface area contributed by atoms with Crippen LogP contribution >= 0.6 is 0 Å². The summed E-state index contributed by atoms with van der Waals surface area (Å²) in [6.07, 6.45) is -3.02. The van der Waals surface area contributed by atoms with E-state index in [1.807, 2.05) is 5.32 Å². The normalized spacial score (nSPS) is 11.5. The molecule has 94 valence electrons. The Balaban J connectivity index is 2.28. The van der Waals surface area contributed by atoms with Gasteiger partial charge in [0.25, 0.3) is 5.91 Å². The van der Waals surface area contributed by atoms with Crippen molar-refractivity contribution in [3.8, 4) is 0 Å². The maximum atomic E-state index is 12.0.